The summed E-state index contributed by atoms with van der Waals surface area (Å²) in [5.41, 5.74) is 0. The number of hydrogen-bond donors (Lipinski definition) is 1. The summed E-state index contributed by atoms with van der Waals surface area (Å²) >= 11 is 0. The van der Waals surface area contributed by atoms with Gasteiger partial charge in [0.05, 0.1) is 25.4 Å². The van der Waals surface area contributed by atoms with Gasteiger partial charge in [0.15, 0.2) is 0 Å². The summed E-state index contributed by atoms with van der Waals surface area (Å²) in [6.45, 7) is 2.48. The number of likely N-dealkylation sites (tertiary alicyclic amines) is 1. The van der Waals surface area contributed by atoms with Gasteiger partial charge in [-0.15, -0.1) is 0 Å². The zero-order chi connectivity index (χ0) is 8.84. The zero-order valence-electron chi connectivity index (χ0n) is 7.85. The fraction of sp³-hybridized carbons (Fsp3) is 1.00. The second kappa shape index (κ2) is 2.94. The molecule has 1 N–H and O–H groups in total. The van der Waals surface area contributed by atoms with Gasteiger partial charge in [-0.05, 0) is 25.2 Å². The third-order valence-corrected chi connectivity index (χ3v) is 3.90. The van der Waals surface area contributed by atoms with Crippen molar-refractivity contribution in [1.29, 1.82) is 0 Å². The van der Waals surface area contributed by atoms with E-state index in [2.05, 4.69) is 4.90 Å². The van der Waals surface area contributed by atoms with E-state index in [0.29, 0.717) is 12.6 Å². The number of aliphatic hydroxyl groups excluding tert-OH is 1. The first-order valence-corrected chi connectivity index (χ1v) is 5.36. The van der Waals surface area contributed by atoms with Crippen LogP contribution in [-0.2, 0) is 4.74 Å². The van der Waals surface area contributed by atoms with Crippen molar-refractivity contribution in [2.75, 3.05) is 19.8 Å². The van der Waals surface area contributed by atoms with Crippen molar-refractivity contribution in [3.8, 4) is 0 Å². The molecule has 3 heteroatoms. The molecule has 2 aliphatic heterocycles. The van der Waals surface area contributed by atoms with Crippen molar-refractivity contribution in [3.63, 3.8) is 0 Å². The van der Waals surface area contributed by atoms with Gasteiger partial charge in [-0.2, -0.15) is 0 Å². The van der Waals surface area contributed by atoms with Gasteiger partial charge in [-0.25, -0.2) is 0 Å². The Kier molecular flexibility index (Phi) is 1.86. The first-order chi connectivity index (χ1) is 6.34. The Morgan fingerprint density at radius 3 is 2.69 bits per heavy atom. The first-order valence-electron chi connectivity index (χ1n) is 5.36. The summed E-state index contributed by atoms with van der Waals surface area (Å²) in [5, 5.41) is 9.71. The van der Waals surface area contributed by atoms with Crippen molar-refractivity contribution in [2.45, 2.75) is 37.5 Å². The molecule has 3 aliphatic rings. The van der Waals surface area contributed by atoms with Crippen LogP contribution in [0, 0.1) is 5.92 Å². The third-order valence-electron chi connectivity index (χ3n) is 3.90. The van der Waals surface area contributed by atoms with Crippen molar-refractivity contribution < 1.29 is 9.84 Å². The first kappa shape index (κ1) is 8.21. The minimum Gasteiger partial charge on any atom is -0.389 e. The average molecular weight is 183 g/mol. The summed E-state index contributed by atoms with van der Waals surface area (Å²) < 4.78 is 5.30. The van der Waals surface area contributed by atoms with Gasteiger partial charge in [-0.1, -0.05) is 0 Å². The van der Waals surface area contributed by atoms with Crippen LogP contribution in [0.2, 0.25) is 0 Å². The number of hydrogen-bond acceptors (Lipinski definition) is 3. The van der Waals surface area contributed by atoms with E-state index in [4.69, 9.17) is 4.74 Å². The predicted molar refractivity (Wildman–Crippen MR) is 48.4 cm³/mol. The van der Waals surface area contributed by atoms with Gasteiger partial charge >= 0.3 is 0 Å². The summed E-state index contributed by atoms with van der Waals surface area (Å²) in [6, 6.07) is 1.06. The molecule has 3 nitrogen and oxygen atoms in total. The molecule has 3 rings (SSSR count). The highest BCUT2D eigenvalue weighted by Gasteiger charge is 2.44. The molecule has 2 bridgehead atoms. The minimum atomic E-state index is -0.237. The second-order valence-corrected chi connectivity index (χ2v) is 4.70. The van der Waals surface area contributed by atoms with Crippen LogP contribution in [0.4, 0.5) is 0 Å². The molecule has 0 amide bonds. The molecule has 0 aromatic carbocycles. The molecule has 1 saturated carbocycles. The van der Waals surface area contributed by atoms with Crippen LogP contribution in [0.25, 0.3) is 0 Å². The lowest BCUT2D eigenvalue weighted by molar-refractivity contribution is 0.0628. The predicted octanol–water partition coefficient (Wildman–Crippen LogP) is 0.230. The van der Waals surface area contributed by atoms with E-state index < -0.39 is 0 Å². The molecular formula is C10H17NO2. The van der Waals surface area contributed by atoms with E-state index in [-0.39, 0.29) is 6.10 Å². The van der Waals surface area contributed by atoms with E-state index in [1.807, 2.05) is 0 Å². The number of piperidine rings is 1. The largest absolute Gasteiger partial charge is 0.389 e. The Morgan fingerprint density at radius 2 is 2.15 bits per heavy atom. The molecule has 0 spiro atoms. The highest BCUT2D eigenvalue weighted by Crippen LogP contribution is 2.39. The van der Waals surface area contributed by atoms with E-state index >= 15 is 0 Å². The van der Waals surface area contributed by atoms with Gasteiger partial charge in [0, 0.05) is 12.6 Å². The number of ether oxygens (including phenoxy) is 1. The third kappa shape index (κ3) is 1.22. The number of fused-ring (bicyclic) bond motifs is 2. The molecule has 0 radical (unpaired) electrons. The highest BCUT2D eigenvalue weighted by molar-refractivity contribution is 4.98. The molecule has 0 aromatic heterocycles. The molecule has 74 valence electrons. The van der Waals surface area contributed by atoms with Crippen molar-refractivity contribution >= 4 is 0 Å². The molecular weight excluding hydrogens is 166 g/mol. The van der Waals surface area contributed by atoms with E-state index in [9.17, 15) is 5.11 Å². The second-order valence-electron chi connectivity index (χ2n) is 4.70. The lowest BCUT2D eigenvalue weighted by Gasteiger charge is -2.33. The van der Waals surface area contributed by atoms with Crippen LogP contribution < -0.4 is 0 Å². The van der Waals surface area contributed by atoms with E-state index in [0.717, 1.165) is 18.6 Å². The maximum absolute atomic E-state index is 9.71. The van der Waals surface area contributed by atoms with Crippen LogP contribution in [0.15, 0.2) is 0 Å². The van der Waals surface area contributed by atoms with Gasteiger partial charge < -0.3 is 9.84 Å². The van der Waals surface area contributed by atoms with Gasteiger partial charge in [0.2, 0.25) is 0 Å². The van der Waals surface area contributed by atoms with Gasteiger partial charge in [0.1, 0.15) is 0 Å². The Hall–Kier alpha value is -0.120. The van der Waals surface area contributed by atoms with Gasteiger partial charge in [0.25, 0.3) is 0 Å². The van der Waals surface area contributed by atoms with E-state index in [1.54, 1.807) is 0 Å². The normalized spacial score (nSPS) is 50.5. The molecule has 2 heterocycles. The lowest BCUT2D eigenvalue weighted by Crippen LogP contribution is -2.46. The van der Waals surface area contributed by atoms with Crippen LogP contribution in [0.1, 0.15) is 19.3 Å². The highest BCUT2D eigenvalue weighted by atomic mass is 16.5. The molecule has 13 heavy (non-hydrogen) atoms. The number of nitrogens with zero attached hydrogens (tertiary/aromatic N) is 1. The Labute approximate surface area is 78.7 Å². The SMILES string of the molecule is OC1COCC1N1CC2CCC1C2. The van der Waals surface area contributed by atoms with Crippen molar-refractivity contribution in [2.24, 2.45) is 5.92 Å². The summed E-state index contributed by atoms with van der Waals surface area (Å²) in [4.78, 5) is 2.49. The molecule has 0 aromatic rings. The van der Waals surface area contributed by atoms with Gasteiger partial charge in [-0.3, -0.25) is 4.90 Å². The smallest absolute Gasteiger partial charge is 0.0950 e. The monoisotopic (exact) mass is 183 g/mol. The van der Waals surface area contributed by atoms with Crippen LogP contribution >= 0.6 is 0 Å². The van der Waals surface area contributed by atoms with Crippen molar-refractivity contribution in [1.82, 2.24) is 4.90 Å². The van der Waals surface area contributed by atoms with Crippen LogP contribution in [0.5, 0.6) is 0 Å². The zero-order valence-corrected chi connectivity index (χ0v) is 7.85. The van der Waals surface area contributed by atoms with Crippen LogP contribution in [0.3, 0.4) is 0 Å². The quantitative estimate of drug-likeness (QED) is 0.631. The molecule has 4 unspecified atom stereocenters. The molecule has 3 fully saturated rings. The molecule has 4 atom stereocenters. The molecule has 1 aliphatic carbocycles. The van der Waals surface area contributed by atoms with Crippen molar-refractivity contribution in [3.05, 3.63) is 0 Å². The lowest BCUT2D eigenvalue weighted by atomic mass is 10.1. The fourth-order valence-electron chi connectivity index (χ4n) is 3.22. The molecule has 2 saturated heterocycles. The van der Waals surface area contributed by atoms with Crippen LogP contribution in [-0.4, -0.2) is 48.0 Å². The summed E-state index contributed by atoms with van der Waals surface area (Å²) in [5.74, 6) is 0.915. The Balaban J connectivity index is 1.72. The summed E-state index contributed by atoms with van der Waals surface area (Å²) in [6.07, 6.45) is 3.88. The van der Waals surface area contributed by atoms with E-state index in [1.165, 1.54) is 25.8 Å². The summed E-state index contributed by atoms with van der Waals surface area (Å²) in [7, 11) is 0. The average Bonchev–Trinajstić information content (AvgIpc) is 2.77. The number of rotatable bonds is 1. The number of aliphatic hydroxyl groups is 1. The minimum absolute atomic E-state index is 0.237. The standard InChI is InChI=1S/C10H17NO2/c12-10-6-13-5-9(10)11-4-7-1-2-8(11)3-7/h7-10,12H,1-6H2. The maximum Gasteiger partial charge on any atom is 0.0950 e. The Morgan fingerprint density at radius 1 is 1.23 bits per heavy atom. The Bertz CT molecular complexity index is 209. The maximum atomic E-state index is 9.71. The fourth-order valence-corrected chi connectivity index (χ4v) is 3.22. The topological polar surface area (TPSA) is 32.7 Å².